The van der Waals surface area contributed by atoms with Crippen molar-refractivity contribution in [3.05, 3.63) is 65.2 Å². The molecule has 1 saturated carbocycles. The highest BCUT2D eigenvalue weighted by Crippen LogP contribution is 2.28. The number of nitrogens with one attached hydrogen (secondary N) is 1. The average Bonchev–Trinajstić information content (AvgIpc) is 2.86. The molecule has 0 bridgehead atoms. The van der Waals surface area contributed by atoms with Crippen LogP contribution in [0, 0.1) is 0 Å². The topological polar surface area (TPSA) is 66.5 Å². The molecule has 0 unspecified atom stereocenters. The van der Waals surface area contributed by atoms with Gasteiger partial charge in [-0.3, -0.25) is 14.4 Å². The molecule has 1 heterocycles. The van der Waals surface area contributed by atoms with E-state index < -0.39 is 0 Å². The summed E-state index contributed by atoms with van der Waals surface area (Å²) in [4.78, 5) is 38.8. The lowest BCUT2D eigenvalue weighted by atomic mass is 10.1. The van der Waals surface area contributed by atoms with Gasteiger partial charge in [0.15, 0.2) is 0 Å². The molecular weight excluding hydrogens is 340 g/mol. The summed E-state index contributed by atoms with van der Waals surface area (Å²) in [5.74, 6) is -0.756. The van der Waals surface area contributed by atoms with Crippen LogP contribution < -0.4 is 10.2 Å². The van der Waals surface area contributed by atoms with Gasteiger partial charge in [-0.05, 0) is 49.2 Å². The summed E-state index contributed by atoms with van der Waals surface area (Å²) in [6.07, 6.45) is 6.84. The van der Waals surface area contributed by atoms with Gasteiger partial charge in [0.1, 0.15) is 0 Å². The van der Waals surface area contributed by atoms with Crippen LogP contribution in [0.2, 0.25) is 0 Å². The Labute approximate surface area is 158 Å². The lowest BCUT2D eigenvalue weighted by molar-refractivity contribution is 0.0919. The van der Waals surface area contributed by atoms with E-state index >= 15 is 0 Å². The van der Waals surface area contributed by atoms with Gasteiger partial charge in [0.25, 0.3) is 17.7 Å². The van der Waals surface area contributed by atoms with Crippen LogP contribution in [0.3, 0.4) is 0 Å². The molecule has 1 N–H and O–H groups in total. The number of rotatable bonds is 3. The molecule has 0 radical (unpaired) electrons. The van der Waals surface area contributed by atoms with Crippen molar-refractivity contribution in [3.63, 3.8) is 0 Å². The van der Waals surface area contributed by atoms with Crippen LogP contribution in [-0.2, 0) is 0 Å². The molecule has 3 amide bonds. The number of fused-ring (bicyclic) bond motifs is 1. The van der Waals surface area contributed by atoms with Crippen molar-refractivity contribution in [1.29, 1.82) is 0 Å². The van der Waals surface area contributed by atoms with E-state index in [9.17, 15) is 14.4 Å². The maximum absolute atomic E-state index is 12.5. The predicted molar refractivity (Wildman–Crippen MR) is 103 cm³/mol. The highest BCUT2D eigenvalue weighted by Gasteiger charge is 2.36. The van der Waals surface area contributed by atoms with E-state index in [1.54, 1.807) is 48.5 Å². The maximum Gasteiger partial charge on any atom is 0.266 e. The molecule has 0 saturated heterocycles. The van der Waals surface area contributed by atoms with Crippen molar-refractivity contribution in [3.8, 4) is 0 Å². The number of anilines is 1. The smallest absolute Gasteiger partial charge is 0.266 e. The number of hydrogen-bond donors (Lipinski definition) is 1. The first-order valence-corrected chi connectivity index (χ1v) is 9.54. The molecule has 27 heavy (non-hydrogen) atoms. The second-order valence-corrected chi connectivity index (χ2v) is 7.20. The van der Waals surface area contributed by atoms with Crippen molar-refractivity contribution in [2.45, 2.75) is 44.6 Å². The van der Waals surface area contributed by atoms with E-state index in [1.807, 2.05) is 0 Å². The lowest BCUT2D eigenvalue weighted by Crippen LogP contribution is -2.34. The molecule has 0 spiro atoms. The second kappa shape index (κ2) is 7.35. The second-order valence-electron chi connectivity index (χ2n) is 7.20. The van der Waals surface area contributed by atoms with Crippen molar-refractivity contribution in [2.75, 3.05) is 4.90 Å². The minimum atomic E-state index is -0.328. The van der Waals surface area contributed by atoms with Crippen LogP contribution in [0.5, 0.6) is 0 Å². The number of benzene rings is 2. The summed E-state index contributed by atoms with van der Waals surface area (Å²) < 4.78 is 0. The molecule has 5 heteroatoms. The summed E-state index contributed by atoms with van der Waals surface area (Å²) in [7, 11) is 0. The third-order valence-electron chi connectivity index (χ3n) is 5.37. The zero-order valence-corrected chi connectivity index (χ0v) is 15.1. The van der Waals surface area contributed by atoms with Crippen LogP contribution in [0.25, 0.3) is 0 Å². The van der Waals surface area contributed by atoms with Gasteiger partial charge in [-0.1, -0.05) is 37.8 Å². The zero-order valence-electron chi connectivity index (χ0n) is 15.1. The van der Waals surface area contributed by atoms with E-state index in [0.29, 0.717) is 22.4 Å². The van der Waals surface area contributed by atoms with Crippen LogP contribution in [0.15, 0.2) is 48.5 Å². The standard InChI is InChI=1S/C22H22N2O3/c25-20(23-16-7-3-1-2-4-8-16)15-11-13-17(14-12-15)24-21(26)18-9-5-6-10-19(18)22(24)27/h5-6,9-14,16H,1-4,7-8H2,(H,23,25). The fourth-order valence-corrected chi connectivity index (χ4v) is 3.88. The van der Waals surface area contributed by atoms with E-state index in [2.05, 4.69) is 5.32 Å². The van der Waals surface area contributed by atoms with E-state index in [0.717, 1.165) is 30.6 Å². The Hall–Kier alpha value is -2.95. The number of nitrogens with zero attached hydrogens (tertiary/aromatic N) is 1. The fraction of sp³-hybridized carbons (Fsp3) is 0.318. The Morgan fingerprint density at radius 1 is 0.815 bits per heavy atom. The Kier molecular flexibility index (Phi) is 4.75. The first-order valence-electron chi connectivity index (χ1n) is 9.54. The Morgan fingerprint density at radius 3 is 1.93 bits per heavy atom. The van der Waals surface area contributed by atoms with Gasteiger partial charge in [-0.15, -0.1) is 0 Å². The van der Waals surface area contributed by atoms with Crippen LogP contribution >= 0.6 is 0 Å². The van der Waals surface area contributed by atoms with Gasteiger partial charge in [-0.25, -0.2) is 4.90 Å². The Balaban J connectivity index is 1.49. The molecule has 138 valence electrons. The van der Waals surface area contributed by atoms with Gasteiger partial charge in [0.2, 0.25) is 0 Å². The molecular formula is C22H22N2O3. The highest BCUT2D eigenvalue weighted by molar-refractivity contribution is 6.34. The highest BCUT2D eigenvalue weighted by atomic mass is 16.2. The molecule has 1 aliphatic heterocycles. The maximum atomic E-state index is 12.5. The fourth-order valence-electron chi connectivity index (χ4n) is 3.88. The lowest BCUT2D eigenvalue weighted by Gasteiger charge is -2.17. The van der Waals surface area contributed by atoms with Crippen molar-refractivity contribution in [1.82, 2.24) is 5.32 Å². The minimum Gasteiger partial charge on any atom is -0.349 e. The van der Waals surface area contributed by atoms with E-state index in [-0.39, 0.29) is 23.8 Å². The summed E-state index contributed by atoms with van der Waals surface area (Å²) in [6.45, 7) is 0. The SMILES string of the molecule is O=C(NC1CCCCCC1)c1ccc(N2C(=O)c3ccccc3C2=O)cc1. The summed E-state index contributed by atoms with van der Waals surface area (Å²) in [5.41, 5.74) is 1.85. The summed E-state index contributed by atoms with van der Waals surface area (Å²) in [6, 6.07) is 13.7. The van der Waals surface area contributed by atoms with Crippen molar-refractivity contribution in [2.24, 2.45) is 0 Å². The first kappa shape index (κ1) is 17.5. The van der Waals surface area contributed by atoms with E-state index in [1.165, 1.54) is 12.8 Å². The number of carbonyl (C=O) groups excluding carboxylic acids is 3. The van der Waals surface area contributed by atoms with Crippen LogP contribution in [0.4, 0.5) is 5.69 Å². The third kappa shape index (κ3) is 3.37. The summed E-state index contributed by atoms with van der Waals surface area (Å²) >= 11 is 0. The summed E-state index contributed by atoms with van der Waals surface area (Å²) in [5, 5.41) is 3.11. The van der Waals surface area contributed by atoms with Gasteiger partial charge in [0.05, 0.1) is 16.8 Å². The van der Waals surface area contributed by atoms with Crippen LogP contribution in [0.1, 0.15) is 69.6 Å². The quantitative estimate of drug-likeness (QED) is 0.664. The molecule has 1 fully saturated rings. The normalized spacial score (nSPS) is 17.6. The van der Waals surface area contributed by atoms with Crippen molar-refractivity contribution < 1.29 is 14.4 Å². The Morgan fingerprint density at radius 2 is 1.37 bits per heavy atom. The van der Waals surface area contributed by atoms with Crippen molar-refractivity contribution >= 4 is 23.4 Å². The molecule has 1 aliphatic carbocycles. The third-order valence-corrected chi connectivity index (χ3v) is 5.37. The van der Waals surface area contributed by atoms with E-state index in [4.69, 9.17) is 0 Å². The molecule has 2 aromatic rings. The number of imide groups is 1. The average molecular weight is 362 g/mol. The van der Waals surface area contributed by atoms with Gasteiger partial charge < -0.3 is 5.32 Å². The zero-order chi connectivity index (χ0) is 18.8. The minimum absolute atomic E-state index is 0.101. The number of carbonyl (C=O) groups is 3. The monoisotopic (exact) mass is 362 g/mol. The van der Waals surface area contributed by atoms with Gasteiger partial charge >= 0.3 is 0 Å². The molecule has 2 aromatic carbocycles. The Bertz CT molecular complexity index is 846. The van der Waals surface area contributed by atoms with Gasteiger partial charge in [0, 0.05) is 11.6 Å². The molecule has 0 atom stereocenters. The molecule has 0 aromatic heterocycles. The number of amides is 3. The first-order chi connectivity index (χ1) is 13.1. The molecule has 2 aliphatic rings. The number of hydrogen-bond acceptors (Lipinski definition) is 3. The van der Waals surface area contributed by atoms with Gasteiger partial charge in [-0.2, -0.15) is 0 Å². The largest absolute Gasteiger partial charge is 0.349 e. The molecule has 4 rings (SSSR count). The molecule has 5 nitrogen and oxygen atoms in total. The van der Waals surface area contributed by atoms with Crippen LogP contribution in [-0.4, -0.2) is 23.8 Å². The predicted octanol–water partition coefficient (Wildman–Crippen LogP) is 3.94.